The first kappa shape index (κ1) is 21.7. The van der Waals surface area contributed by atoms with Gasteiger partial charge in [-0.1, -0.05) is 0 Å². The molecule has 0 unspecified atom stereocenters. The highest BCUT2D eigenvalue weighted by Crippen LogP contribution is 2.34. The molecule has 0 spiro atoms. The number of hydrogen-bond donors (Lipinski definition) is 3. The number of hydroxylamine groups is 1. The molecule has 0 saturated heterocycles. The monoisotopic (exact) mass is 449 g/mol. The fourth-order valence-electron chi connectivity index (χ4n) is 2.41. The summed E-state index contributed by atoms with van der Waals surface area (Å²) in [5.41, 5.74) is 2.08. The summed E-state index contributed by atoms with van der Waals surface area (Å²) < 4.78 is 70.0. The van der Waals surface area contributed by atoms with Gasteiger partial charge in [0.2, 0.25) is 0 Å². The minimum Gasteiger partial charge on any atom is -0.406 e. The molecule has 3 N–H and O–H groups in total. The van der Waals surface area contributed by atoms with Crippen LogP contribution in [0.2, 0.25) is 0 Å². The van der Waals surface area contributed by atoms with Gasteiger partial charge < -0.3 is 15.2 Å². The Bertz CT molecular complexity index is 1070. The van der Waals surface area contributed by atoms with Crippen LogP contribution in [0.25, 0.3) is 10.2 Å². The zero-order valence-electron chi connectivity index (χ0n) is 14.7. The van der Waals surface area contributed by atoms with E-state index in [1.54, 1.807) is 0 Å². The standard InChI is InChI=1S/C17H12F5N3O4S/c18-10-5-8(29-17(20,21)22)1-2-11(10)24-14-9(16(27)25-28-4-3-26)6-12-15(13(14)19)23-7-30-12/h1-2,5-7,24,26H,3-4H2,(H,25,27). The average Bonchev–Trinajstić information content (AvgIpc) is 3.13. The van der Waals surface area contributed by atoms with Gasteiger partial charge in [0.05, 0.1) is 40.4 Å². The summed E-state index contributed by atoms with van der Waals surface area (Å²) in [6.45, 7) is -0.611. The lowest BCUT2D eigenvalue weighted by atomic mass is 10.1. The number of benzene rings is 2. The molecular weight excluding hydrogens is 437 g/mol. The van der Waals surface area contributed by atoms with E-state index in [0.717, 1.165) is 23.5 Å². The normalized spacial score (nSPS) is 11.5. The SMILES string of the molecule is O=C(NOCCO)c1cc2scnc2c(F)c1Nc1ccc(OC(F)(F)F)cc1F. The molecule has 0 saturated carbocycles. The van der Waals surface area contributed by atoms with Crippen LogP contribution in [0.5, 0.6) is 5.75 Å². The largest absolute Gasteiger partial charge is 0.573 e. The van der Waals surface area contributed by atoms with Crippen LogP contribution >= 0.6 is 11.3 Å². The topological polar surface area (TPSA) is 92.7 Å². The molecule has 0 radical (unpaired) electrons. The van der Waals surface area contributed by atoms with E-state index < -0.39 is 41.0 Å². The van der Waals surface area contributed by atoms with Gasteiger partial charge in [0.1, 0.15) is 17.1 Å². The molecular formula is C17H12F5N3O4S. The Morgan fingerprint density at radius 3 is 2.67 bits per heavy atom. The summed E-state index contributed by atoms with van der Waals surface area (Å²) >= 11 is 1.05. The Labute approximate surface area is 169 Å². The molecule has 7 nitrogen and oxygen atoms in total. The van der Waals surface area contributed by atoms with Gasteiger partial charge in [-0.25, -0.2) is 19.2 Å². The molecule has 2 aromatic carbocycles. The van der Waals surface area contributed by atoms with Gasteiger partial charge in [0, 0.05) is 6.07 Å². The van der Waals surface area contributed by atoms with Crippen molar-refractivity contribution in [1.82, 2.24) is 10.5 Å². The summed E-state index contributed by atoms with van der Waals surface area (Å²) in [6.07, 6.45) is -5.01. The number of ether oxygens (including phenoxy) is 1. The van der Waals surface area contributed by atoms with Crippen molar-refractivity contribution in [2.75, 3.05) is 18.5 Å². The van der Waals surface area contributed by atoms with E-state index in [2.05, 4.69) is 15.0 Å². The number of carbonyl (C=O) groups excluding carboxylic acids is 1. The molecule has 0 fully saturated rings. The lowest BCUT2D eigenvalue weighted by Gasteiger charge is -2.15. The molecule has 0 aliphatic heterocycles. The van der Waals surface area contributed by atoms with Crippen LogP contribution in [-0.2, 0) is 4.84 Å². The van der Waals surface area contributed by atoms with Gasteiger partial charge in [-0.2, -0.15) is 0 Å². The first-order chi connectivity index (χ1) is 14.2. The Balaban J connectivity index is 1.97. The molecule has 13 heteroatoms. The number of aliphatic hydroxyl groups excluding tert-OH is 1. The molecule has 30 heavy (non-hydrogen) atoms. The van der Waals surface area contributed by atoms with Crippen LogP contribution in [0.4, 0.5) is 33.3 Å². The Hall–Kier alpha value is -3.03. The maximum atomic E-state index is 15.0. The average molecular weight is 449 g/mol. The van der Waals surface area contributed by atoms with E-state index in [1.807, 2.05) is 5.48 Å². The number of hydrogen-bond acceptors (Lipinski definition) is 7. The maximum Gasteiger partial charge on any atom is 0.573 e. The summed E-state index contributed by atoms with van der Waals surface area (Å²) in [5.74, 6) is -3.87. The van der Waals surface area contributed by atoms with E-state index >= 15 is 0 Å². The quantitative estimate of drug-likeness (QED) is 0.288. The minimum atomic E-state index is -5.01. The zero-order valence-corrected chi connectivity index (χ0v) is 15.5. The van der Waals surface area contributed by atoms with Crippen molar-refractivity contribution in [3.63, 3.8) is 0 Å². The highest BCUT2D eigenvalue weighted by molar-refractivity contribution is 7.16. The molecule has 0 atom stereocenters. The van der Waals surface area contributed by atoms with Crippen molar-refractivity contribution >= 4 is 38.8 Å². The Kier molecular flexibility index (Phi) is 6.34. The summed E-state index contributed by atoms with van der Waals surface area (Å²) in [4.78, 5) is 20.9. The summed E-state index contributed by atoms with van der Waals surface area (Å²) in [6, 6.07) is 3.46. The number of aromatic nitrogens is 1. The Morgan fingerprint density at radius 1 is 1.23 bits per heavy atom. The van der Waals surface area contributed by atoms with Gasteiger partial charge in [0.15, 0.2) is 5.82 Å². The van der Waals surface area contributed by atoms with Crippen LogP contribution in [-0.4, -0.2) is 35.6 Å². The van der Waals surface area contributed by atoms with Crippen molar-refractivity contribution < 1.29 is 41.4 Å². The third-order valence-corrected chi connectivity index (χ3v) is 4.38. The molecule has 1 amide bonds. The summed E-state index contributed by atoms with van der Waals surface area (Å²) in [7, 11) is 0. The van der Waals surface area contributed by atoms with Gasteiger partial charge in [0.25, 0.3) is 5.91 Å². The van der Waals surface area contributed by atoms with Crippen LogP contribution < -0.4 is 15.5 Å². The second kappa shape index (κ2) is 8.77. The number of halogens is 5. The van der Waals surface area contributed by atoms with Gasteiger partial charge >= 0.3 is 6.36 Å². The van der Waals surface area contributed by atoms with Gasteiger partial charge in [-0.05, 0) is 18.2 Å². The lowest BCUT2D eigenvalue weighted by molar-refractivity contribution is -0.274. The van der Waals surface area contributed by atoms with E-state index in [-0.39, 0.29) is 24.3 Å². The minimum absolute atomic E-state index is 0.0900. The number of alkyl halides is 3. The molecule has 0 bridgehead atoms. The molecule has 1 heterocycles. The molecule has 160 valence electrons. The van der Waals surface area contributed by atoms with Crippen LogP contribution in [0.15, 0.2) is 29.8 Å². The fourth-order valence-corrected chi connectivity index (χ4v) is 3.12. The number of fused-ring (bicyclic) bond motifs is 1. The second-order valence-electron chi connectivity index (χ2n) is 5.63. The number of thiazole rings is 1. The van der Waals surface area contributed by atoms with Crippen molar-refractivity contribution in [3.8, 4) is 5.75 Å². The van der Waals surface area contributed by atoms with E-state index in [1.165, 1.54) is 11.6 Å². The zero-order chi connectivity index (χ0) is 21.9. The van der Waals surface area contributed by atoms with Gasteiger partial charge in [-0.15, -0.1) is 24.5 Å². The van der Waals surface area contributed by atoms with Crippen molar-refractivity contribution in [2.24, 2.45) is 0 Å². The maximum absolute atomic E-state index is 15.0. The first-order valence-corrected chi connectivity index (χ1v) is 8.98. The van der Waals surface area contributed by atoms with Crippen molar-refractivity contribution in [2.45, 2.75) is 6.36 Å². The molecule has 3 aromatic rings. The van der Waals surface area contributed by atoms with E-state index in [9.17, 15) is 26.7 Å². The molecule has 0 aliphatic carbocycles. The highest BCUT2D eigenvalue weighted by atomic mass is 32.1. The summed E-state index contributed by atoms with van der Waals surface area (Å²) in [5, 5.41) is 11.1. The number of amides is 1. The number of rotatable bonds is 7. The predicted octanol–water partition coefficient (Wildman–Crippen LogP) is 3.87. The predicted molar refractivity (Wildman–Crippen MR) is 96.4 cm³/mol. The van der Waals surface area contributed by atoms with E-state index in [0.29, 0.717) is 10.8 Å². The number of carbonyl (C=O) groups is 1. The molecule has 1 aromatic heterocycles. The van der Waals surface area contributed by atoms with Crippen molar-refractivity contribution in [1.29, 1.82) is 0 Å². The molecule has 0 aliphatic rings. The Morgan fingerprint density at radius 2 is 2.00 bits per heavy atom. The van der Waals surface area contributed by atoms with Crippen LogP contribution in [0.3, 0.4) is 0 Å². The second-order valence-corrected chi connectivity index (χ2v) is 6.52. The first-order valence-electron chi connectivity index (χ1n) is 8.10. The number of nitrogens with one attached hydrogen (secondary N) is 2. The van der Waals surface area contributed by atoms with Gasteiger partial charge in [-0.3, -0.25) is 9.63 Å². The highest BCUT2D eigenvalue weighted by Gasteiger charge is 2.31. The molecule has 3 rings (SSSR count). The fraction of sp³-hybridized carbons (Fsp3) is 0.176. The van der Waals surface area contributed by atoms with Crippen LogP contribution in [0.1, 0.15) is 10.4 Å². The third-order valence-electron chi connectivity index (χ3n) is 3.60. The number of anilines is 2. The number of nitrogens with zero attached hydrogens (tertiary/aromatic N) is 1. The number of aliphatic hydroxyl groups is 1. The third kappa shape index (κ3) is 4.93. The van der Waals surface area contributed by atoms with E-state index in [4.69, 9.17) is 9.94 Å². The lowest BCUT2D eigenvalue weighted by Crippen LogP contribution is -2.26. The smallest absolute Gasteiger partial charge is 0.406 e. The van der Waals surface area contributed by atoms with Crippen LogP contribution in [0, 0.1) is 11.6 Å². The van der Waals surface area contributed by atoms with Crippen molar-refractivity contribution in [3.05, 3.63) is 47.0 Å².